The van der Waals surface area contributed by atoms with Crippen molar-refractivity contribution in [2.45, 2.75) is 0 Å². The van der Waals surface area contributed by atoms with Gasteiger partial charge in [0.05, 0.1) is 10.9 Å². The summed E-state index contributed by atoms with van der Waals surface area (Å²) in [5.41, 5.74) is 1.64. The second-order valence-corrected chi connectivity index (χ2v) is 4.47. The molecular formula is C16H13N3O. The molecule has 98 valence electrons. The first-order chi connectivity index (χ1) is 9.75. The van der Waals surface area contributed by atoms with Crippen molar-refractivity contribution in [3.8, 4) is 0 Å². The molecule has 0 aliphatic carbocycles. The molecule has 0 aliphatic heterocycles. The predicted octanol–water partition coefficient (Wildman–Crippen LogP) is 2.50. The molecule has 4 nitrogen and oxygen atoms in total. The van der Waals surface area contributed by atoms with Gasteiger partial charge in [0.25, 0.3) is 5.56 Å². The van der Waals surface area contributed by atoms with Crippen LogP contribution >= 0.6 is 0 Å². The highest BCUT2D eigenvalue weighted by Crippen LogP contribution is 2.09. The number of hydrogen-bond acceptors (Lipinski definition) is 3. The van der Waals surface area contributed by atoms with Crippen molar-refractivity contribution in [3.63, 3.8) is 0 Å². The molecule has 0 amide bonds. The molecule has 0 saturated heterocycles. The van der Waals surface area contributed by atoms with Crippen LogP contribution in [0.25, 0.3) is 23.1 Å². The van der Waals surface area contributed by atoms with E-state index in [0.29, 0.717) is 16.7 Å². The van der Waals surface area contributed by atoms with Crippen molar-refractivity contribution in [1.82, 2.24) is 14.5 Å². The first-order valence-electron chi connectivity index (χ1n) is 6.29. The first kappa shape index (κ1) is 12.3. The van der Waals surface area contributed by atoms with E-state index in [2.05, 4.69) is 9.97 Å². The van der Waals surface area contributed by atoms with Crippen molar-refractivity contribution in [2.24, 2.45) is 7.05 Å². The third kappa shape index (κ3) is 2.23. The zero-order valence-corrected chi connectivity index (χ0v) is 11.0. The summed E-state index contributed by atoms with van der Waals surface area (Å²) in [6.45, 7) is 0. The van der Waals surface area contributed by atoms with Crippen LogP contribution < -0.4 is 5.56 Å². The smallest absolute Gasteiger partial charge is 0.261 e. The zero-order chi connectivity index (χ0) is 13.9. The van der Waals surface area contributed by atoms with E-state index in [1.165, 1.54) is 0 Å². The monoisotopic (exact) mass is 263 g/mol. The van der Waals surface area contributed by atoms with E-state index >= 15 is 0 Å². The van der Waals surface area contributed by atoms with Crippen LogP contribution in [0.3, 0.4) is 0 Å². The molecule has 0 unspecified atom stereocenters. The summed E-state index contributed by atoms with van der Waals surface area (Å²) in [7, 11) is 1.73. The van der Waals surface area contributed by atoms with E-state index in [1.807, 2.05) is 42.5 Å². The maximum absolute atomic E-state index is 12.2. The van der Waals surface area contributed by atoms with Crippen molar-refractivity contribution in [2.75, 3.05) is 0 Å². The van der Waals surface area contributed by atoms with Crippen LogP contribution in [0.5, 0.6) is 0 Å². The average Bonchev–Trinajstić information content (AvgIpc) is 2.50. The van der Waals surface area contributed by atoms with Gasteiger partial charge in [-0.2, -0.15) is 0 Å². The summed E-state index contributed by atoms with van der Waals surface area (Å²) >= 11 is 0. The lowest BCUT2D eigenvalue weighted by atomic mass is 10.2. The van der Waals surface area contributed by atoms with Gasteiger partial charge in [-0.25, -0.2) is 4.98 Å². The van der Waals surface area contributed by atoms with Gasteiger partial charge >= 0.3 is 0 Å². The molecule has 0 bridgehead atoms. The lowest BCUT2D eigenvalue weighted by Gasteiger charge is -2.05. The molecule has 0 saturated carbocycles. The minimum absolute atomic E-state index is 0.0403. The summed E-state index contributed by atoms with van der Waals surface area (Å²) in [4.78, 5) is 20.8. The third-order valence-electron chi connectivity index (χ3n) is 3.13. The van der Waals surface area contributed by atoms with E-state index in [1.54, 1.807) is 30.1 Å². The Morgan fingerprint density at radius 2 is 1.95 bits per heavy atom. The highest BCUT2D eigenvalue weighted by Gasteiger charge is 2.04. The second kappa shape index (κ2) is 5.09. The van der Waals surface area contributed by atoms with Crippen molar-refractivity contribution >= 4 is 23.1 Å². The Kier molecular flexibility index (Phi) is 3.13. The Morgan fingerprint density at radius 3 is 2.75 bits per heavy atom. The topological polar surface area (TPSA) is 47.8 Å². The largest absolute Gasteiger partial charge is 0.296 e. The predicted molar refractivity (Wildman–Crippen MR) is 80.1 cm³/mol. The maximum Gasteiger partial charge on any atom is 0.261 e. The molecule has 0 radical (unpaired) electrons. The normalized spacial score (nSPS) is 11.2. The summed E-state index contributed by atoms with van der Waals surface area (Å²) in [6, 6.07) is 11.2. The summed E-state index contributed by atoms with van der Waals surface area (Å²) in [5.74, 6) is 0.623. The van der Waals surface area contributed by atoms with Gasteiger partial charge in [0.1, 0.15) is 5.82 Å². The molecule has 3 rings (SSSR count). The number of fused-ring (bicyclic) bond motifs is 1. The number of hydrogen-bond donors (Lipinski definition) is 0. The molecule has 0 atom stereocenters. The molecule has 1 aromatic carbocycles. The Hall–Kier alpha value is -2.75. The van der Waals surface area contributed by atoms with Crippen LogP contribution in [0, 0.1) is 0 Å². The number of nitrogens with zero attached hydrogens (tertiary/aromatic N) is 3. The van der Waals surface area contributed by atoms with Crippen LogP contribution in [0.4, 0.5) is 0 Å². The molecule has 0 spiro atoms. The lowest BCUT2D eigenvalue weighted by Crippen LogP contribution is -2.20. The van der Waals surface area contributed by atoms with Crippen molar-refractivity contribution in [1.29, 1.82) is 0 Å². The molecule has 0 aliphatic rings. The number of pyridine rings is 1. The molecule has 2 heterocycles. The SMILES string of the molecule is Cn1c(/C=C/c2cccnc2)nc2ccccc2c1=O. The fourth-order valence-corrected chi connectivity index (χ4v) is 2.03. The molecule has 3 aromatic rings. The van der Waals surface area contributed by atoms with Gasteiger partial charge in [-0.05, 0) is 35.9 Å². The van der Waals surface area contributed by atoms with E-state index in [-0.39, 0.29) is 5.56 Å². The lowest BCUT2D eigenvalue weighted by molar-refractivity contribution is 0.828. The Balaban J connectivity index is 2.11. The standard InChI is InChI=1S/C16H13N3O/c1-19-15(9-8-12-5-4-10-17-11-12)18-14-7-3-2-6-13(14)16(19)20/h2-11H,1H3/b9-8+. The van der Waals surface area contributed by atoms with E-state index < -0.39 is 0 Å². The average molecular weight is 263 g/mol. The van der Waals surface area contributed by atoms with E-state index in [0.717, 1.165) is 5.56 Å². The van der Waals surface area contributed by atoms with Crippen LogP contribution in [-0.4, -0.2) is 14.5 Å². The van der Waals surface area contributed by atoms with Gasteiger partial charge in [0, 0.05) is 19.4 Å². The first-order valence-corrected chi connectivity index (χ1v) is 6.29. The number of benzene rings is 1. The minimum atomic E-state index is -0.0403. The summed E-state index contributed by atoms with van der Waals surface area (Å²) in [6.07, 6.45) is 7.20. The van der Waals surface area contributed by atoms with Crippen molar-refractivity contribution < 1.29 is 0 Å². The van der Waals surface area contributed by atoms with Gasteiger partial charge in [0.15, 0.2) is 0 Å². The Labute approximate surface area is 116 Å². The molecule has 0 fully saturated rings. The van der Waals surface area contributed by atoms with Gasteiger partial charge in [-0.15, -0.1) is 0 Å². The van der Waals surface area contributed by atoms with E-state index in [9.17, 15) is 4.79 Å². The molecule has 4 heteroatoms. The number of para-hydroxylation sites is 1. The second-order valence-electron chi connectivity index (χ2n) is 4.47. The zero-order valence-electron chi connectivity index (χ0n) is 11.0. The third-order valence-corrected chi connectivity index (χ3v) is 3.13. The fraction of sp³-hybridized carbons (Fsp3) is 0.0625. The number of aromatic nitrogens is 3. The maximum atomic E-state index is 12.2. The highest BCUT2D eigenvalue weighted by atomic mass is 16.1. The minimum Gasteiger partial charge on any atom is -0.296 e. The summed E-state index contributed by atoms with van der Waals surface area (Å²) in [5, 5.41) is 0.633. The Bertz CT molecular complexity index is 835. The summed E-state index contributed by atoms with van der Waals surface area (Å²) < 4.78 is 1.55. The highest BCUT2D eigenvalue weighted by molar-refractivity contribution is 5.79. The number of rotatable bonds is 2. The van der Waals surface area contributed by atoms with Crippen molar-refractivity contribution in [3.05, 3.63) is 70.5 Å². The van der Waals surface area contributed by atoms with Gasteiger partial charge in [-0.3, -0.25) is 14.3 Å². The van der Waals surface area contributed by atoms with Gasteiger partial charge in [0.2, 0.25) is 0 Å². The van der Waals surface area contributed by atoms with Crippen LogP contribution in [0.2, 0.25) is 0 Å². The molecular weight excluding hydrogens is 250 g/mol. The van der Waals surface area contributed by atoms with Gasteiger partial charge in [-0.1, -0.05) is 18.2 Å². The fourth-order valence-electron chi connectivity index (χ4n) is 2.03. The molecule has 2 aromatic heterocycles. The van der Waals surface area contributed by atoms with Crippen LogP contribution in [0.15, 0.2) is 53.6 Å². The van der Waals surface area contributed by atoms with Crippen LogP contribution in [-0.2, 0) is 7.05 Å². The van der Waals surface area contributed by atoms with E-state index in [4.69, 9.17) is 0 Å². The molecule has 0 N–H and O–H groups in total. The molecule has 20 heavy (non-hydrogen) atoms. The van der Waals surface area contributed by atoms with Gasteiger partial charge < -0.3 is 0 Å². The van der Waals surface area contributed by atoms with Crippen LogP contribution in [0.1, 0.15) is 11.4 Å². The Morgan fingerprint density at radius 1 is 1.10 bits per heavy atom. The quantitative estimate of drug-likeness (QED) is 0.713.